The van der Waals surface area contributed by atoms with E-state index in [1.54, 1.807) is 0 Å². The normalized spacial score (nSPS) is 10.8. The predicted octanol–water partition coefficient (Wildman–Crippen LogP) is 4.19. The van der Waals surface area contributed by atoms with Crippen LogP contribution in [0.15, 0.2) is 46.9 Å². The zero-order chi connectivity index (χ0) is 12.5. The summed E-state index contributed by atoms with van der Waals surface area (Å²) in [5, 5.41) is 3.71. The van der Waals surface area contributed by atoms with Crippen molar-refractivity contribution in [2.45, 2.75) is 0 Å². The van der Waals surface area contributed by atoms with Gasteiger partial charge in [-0.3, -0.25) is 0 Å². The van der Waals surface area contributed by atoms with Gasteiger partial charge in [0.25, 0.3) is 0 Å². The maximum atomic E-state index is 6.13. The molecule has 1 heterocycles. The number of nitrogens with one attached hydrogen (secondary N) is 1. The van der Waals surface area contributed by atoms with Gasteiger partial charge >= 0.3 is 0 Å². The van der Waals surface area contributed by atoms with Gasteiger partial charge in [-0.15, -0.1) is 0 Å². The number of benzene rings is 2. The highest BCUT2D eigenvalue weighted by molar-refractivity contribution is 6.33. The molecule has 4 heteroatoms. The van der Waals surface area contributed by atoms with Crippen LogP contribution in [-0.4, -0.2) is 12.0 Å². The molecule has 0 fully saturated rings. The molecule has 0 amide bonds. The van der Waals surface area contributed by atoms with Gasteiger partial charge in [-0.2, -0.15) is 0 Å². The quantitative estimate of drug-likeness (QED) is 0.749. The van der Waals surface area contributed by atoms with Crippen LogP contribution in [0.2, 0.25) is 5.02 Å². The highest BCUT2D eigenvalue weighted by atomic mass is 35.5. The monoisotopic (exact) mass is 258 g/mol. The van der Waals surface area contributed by atoms with Crippen molar-refractivity contribution in [2.75, 3.05) is 12.4 Å². The second-order valence-corrected chi connectivity index (χ2v) is 4.34. The van der Waals surface area contributed by atoms with Crippen molar-refractivity contribution >= 4 is 28.4 Å². The van der Waals surface area contributed by atoms with E-state index in [9.17, 15) is 0 Å². The van der Waals surface area contributed by atoms with Crippen LogP contribution in [-0.2, 0) is 0 Å². The minimum absolute atomic E-state index is 0.545. The SMILES string of the molecule is CNc1ccc2oc(-c3ccccc3Cl)nc2c1. The zero-order valence-electron chi connectivity index (χ0n) is 9.77. The number of fused-ring (bicyclic) bond motifs is 1. The smallest absolute Gasteiger partial charge is 0.228 e. The molecule has 3 nitrogen and oxygen atoms in total. The van der Waals surface area contributed by atoms with Gasteiger partial charge in [0, 0.05) is 12.7 Å². The molecule has 90 valence electrons. The Kier molecular flexibility index (Phi) is 2.68. The highest BCUT2D eigenvalue weighted by Gasteiger charge is 2.11. The first-order chi connectivity index (χ1) is 8.78. The maximum absolute atomic E-state index is 6.13. The fourth-order valence-corrected chi connectivity index (χ4v) is 2.05. The average Bonchev–Trinajstić information content (AvgIpc) is 2.81. The van der Waals surface area contributed by atoms with E-state index >= 15 is 0 Å². The van der Waals surface area contributed by atoms with Crippen LogP contribution in [0.4, 0.5) is 5.69 Å². The Hall–Kier alpha value is -2.00. The number of halogens is 1. The molecule has 1 aromatic heterocycles. The van der Waals surface area contributed by atoms with Crippen molar-refractivity contribution in [3.8, 4) is 11.5 Å². The third kappa shape index (κ3) is 1.83. The molecule has 0 aliphatic heterocycles. The lowest BCUT2D eigenvalue weighted by molar-refractivity contribution is 0.620. The maximum Gasteiger partial charge on any atom is 0.228 e. The Balaban J connectivity index is 2.17. The fourth-order valence-electron chi connectivity index (χ4n) is 1.83. The van der Waals surface area contributed by atoms with Crippen molar-refractivity contribution in [1.29, 1.82) is 0 Å². The minimum Gasteiger partial charge on any atom is -0.436 e. The molecule has 0 saturated carbocycles. The summed E-state index contributed by atoms with van der Waals surface area (Å²) in [5.74, 6) is 0.545. The van der Waals surface area contributed by atoms with E-state index in [2.05, 4.69) is 10.3 Å². The van der Waals surface area contributed by atoms with Crippen LogP contribution in [0.25, 0.3) is 22.6 Å². The van der Waals surface area contributed by atoms with Gasteiger partial charge in [-0.1, -0.05) is 23.7 Å². The first-order valence-corrected chi connectivity index (χ1v) is 5.99. The van der Waals surface area contributed by atoms with Gasteiger partial charge in [-0.25, -0.2) is 4.98 Å². The summed E-state index contributed by atoms with van der Waals surface area (Å²) in [5.41, 5.74) is 3.38. The Morgan fingerprint density at radius 2 is 2.00 bits per heavy atom. The van der Waals surface area contributed by atoms with E-state index in [4.69, 9.17) is 16.0 Å². The minimum atomic E-state index is 0.545. The summed E-state index contributed by atoms with van der Waals surface area (Å²) in [7, 11) is 1.87. The van der Waals surface area contributed by atoms with Gasteiger partial charge in [0.1, 0.15) is 5.52 Å². The van der Waals surface area contributed by atoms with E-state index < -0.39 is 0 Å². The number of rotatable bonds is 2. The van der Waals surface area contributed by atoms with Crippen LogP contribution in [0, 0.1) is 0 Å². The van der Waals surface area contributed by atoms with Crippen molar-refractivity contribution in [1.82, 2.24) is 4.98 Å². The van der Waals surface area contributed by atoms with E-state index in [0.717, 1.165) is 22.4 Å². The molecule has 0 radical (unpaired) electrons. The summed E-state index contributed by atoms with van der Waals surface area (Å²) in [6, 6.07) is 13.3. The van der Waals surface area contributed by atoms with Gasteiger partial charge in [0.2, 0.25) is 5.89 Å². The second kappa shape index (κ2) is 4.35. The van der Waals surface area contributed by atoms with Crippen molar-refractivity contribution in [3.63, 3.8) is 0 Å². The van der Waals surface area contributed by atoms with E-state index in [1.807, 2.05) is 49.5 Å². The molecule has 0 atom stereocenters. The summed E-state index contributed by atoms with van der Waals surface area (Å²) in [6.07, 6.45) is 0. The van der Waals surface area contributed by atoms with Crippen LogP contribution < -0.4 is 5.32 Å². The van der Waals surface area contributed by atoms with Crippen molar-refractivity contribution in [2.24, 2.45) is 0 Å². The molecule has 0 bridgehead atoms. The molecule has 3 aromatic rings. The molecule has 0 aliphatic carbocycles. The summed E-state index contributed by atoms with van der Waals surface area (Å²) in [6.45, 7) is 0. The topological polar surface area (TPSA) is 38.1 Å². The van der Waals surface area contributed by atoms with E-state index in [-0.39, 0.29) is 0 Å². The molecular weight excluding hydrogens is 248 g/mol. The molecule has 18 heavy (non-hydrogen) atoms. The first-order valence-electron chi connectivity index (χ1n) is 5.61. The van der Waals surface area contributed by atoms with Crippen molar-refractivity contribution in [3.05, 3.63) is 47.5 Å². The van der Waals surface area contributed by atoms with Crippen LogP contribution in [0.1, 0.15) is 0 Å². The first kappa shape index (κ1) is 11.1. The summed E-state index contributed by atoms with van der Waals surface area (Å²) in [4.78, 5) is 4.46. The predicted molar refractivity (Wildman–Crippen MR) is 74.0 cm³/mol. The Labute approximate surface area is 109 Å². The third-order valence-electron chi connectivity index (χ3n) is 2.78. The highest BCUT2D eigenvalue weighted by Crippen LogP contribution is 2.30. The van der Waals surface area contributed by atoms with Crippen LogP contribution >= 0.6 is 11.6 Å². The molecule has 3 rings (SSSR count). The number of hydrogen-bond donors (Lipinski definition) is 1. The molecule has 0 unspecified atom stereocenters. The number of nitrogens with zero attached hydrogens (tertiary/aromatic N) is 1. The summed E-state index contributed by atoms with van der Waals surface area (Å²) >= 11 is 6.13. The second-order valence-electron chi connectivity index (χ2n) is 3.93. The molecule has 0 spiro atoms. The molecule has 0 aliphatic rings. The van der Waals surface area contributed by atoms with Gasteiger partial charge in [0.15, 0.2) is 5.58 Å². The zero-order valence-corrected chi connectivity index (χ0v) is 10.5. The number of aromatic nitrogens is 1. The molecule has 1 N–H and O–H groups in total. The van der Waals surface area contributed by atoms with Crippen LogP contribution in [0.3, 0.4) is 0 Å². The number of hydrogen-bond acceptors (Lipinski definition) is 3. The summed E-state index contributed by atoms with van der Waals surface area (Å²) < 4.78 is 5.71. The van der Waals surface area contributed by atoms with Crippen LogP contribution in [0.5, 0.6) is 0 Å². The van der Waals surface area contributed by atoms with Gasteiger partial charge < -0.3 is 9.73 Å². The fraction of sp³-hybridized carbons (Fsp3) is 0.0714. The lowest BCUT2D eigenvalue weighted by Gasteiger charge is -1.96. The Morgan fingerprint density at radius 1 is 1.17 bits per heavy atom. The number of anilines is 1. The van der Waals surface area contributed by atoms with Gasteiger partial charge in [-0.05, 0) is 30.3 Å². The molecule has 2 aromatic carbocycles. The largest absolute Gasteiger partial charge is 0.436 e. The average molecular weight is 259 g/mol. The van der Waals surface area contributed by atoms with Crippen molar-refractivity contribution < 1.29 is 4.42 Å². The van der Waals surface area contributed by atoms with E-state index in [0.29, 0.717) is 10.9 Å². The van der Waals surface area contributed by atoms with E-state index in [1.165, 1.54) is 0 Å². The lowest BCUT2D eigenvalue weighted by Crippen LogP contribution is -1.86. The molecular formula is C14H11ClN2O. The Bertz CT molecular complexity index is 706. The standard InChI is InChI=1S/C14H11ClN2O/c1-16-9-6-7-13-12(8-9)17-14(18-13)10-4-2-3-5-11(10)15/h2-8,16H,1H3. The molecule has 0 saturated heterocycles. The third-order valence-corrected chi connectivity index (χ3v) is 3.11. The Morgan fingerprint density at radius 3 is 2.78 bits per heavy atom. The number of oxazole rings is 1. The van der Waals surface area contributed by atoms with Gasteiger partial charge in [0.05, 0.1) is 10.6 Å². The lowest BCUT2D eigenvalue weighted by atomic mass is 10.2.